The van der Waals surface area contributed by atoms with Crippen LogP contribution in [0.1, 0.15) is 24.4 Å². The van der Waals surface area contributed by atoms with E-state index in [0.717, 1.165) is 51.3 Å². The Morgan fingerprint density at radius 1 is 1.26 bits per heavy atom. The fourth-order valence-electron chi connectivity index (χ4n) is 2.72. The van der Waals surface area contributed by atoms with E-state index >= 15 is 0 Å². The molecule has 1 aromatic carbocycles. The van der Waals surface area contributed by atoms with Gasteiger partial charge in [0.2, 0.25) is 5.91 Å². The van der Waals surface area contributed by atoms with Gasteiger partial charge in [-0.25, -0.2) is 4.39 Å². The predicted molar refractivity (Wildman–Crippen MR) is 85.6 cm³/mol. The number of hydrogen-bond acceptors (Lipinski definition) is 4. The molecule has 1 aromatic rings. The Kier molecular flexibility index (Phi) is 5.59. The summed E-state index contributed by atoms with van der Waals surface area (Å²) in [7, 11) is 0. The number of benzene rings is 1. The van der Waals surface area contributed by atoms with Crippen molar-refractivity contribution in [1.82, 2.24) is 15.5 Å². The van der Waals surface area contributed by atoms with E-state index in [0.29, 0.717) is 12.6 Å². The standard InChI is InChI=1S/C17H24FN3O2/c18-14-3-1-13(2-4-14)16(17(22)20-15-5-6-15)19-7-8-21-9-11-23-12-10-21/h1-4,15-16,19H,5-12H2,(H,20,22)/t16-/m1/s1. The number of nitrogens with one attached hydrogen (secondary N) is 2. The van der Waals surface area contributed by atoms with E-state index in [2.05, 4.69) is 15.5 Å². The maximum atomic E-state index is 13.1. The molecule has 1 saturated carbocycles. The van der Waals surface area contributed by atoms with Crippen LogP contribution in [0.25, 0.3) is 0 Å². The van der Waals surface area contributed by atoms with Crippen molar-refractivity contribution in [3.8, 4) is 0 Å². The zero-order chi connectivity index (χ0) is 16.1. The molecule has 0 aromatic heterocycles. The Balaban J connectivity index is 1.57. The number of nitrogens with zero attached hydrogens (tertiary/aromatic N) is 1. The lowest BCUT2D eigenvalue weighted by atomic mass is 10.1. The third-order valence-electron chi connectivity index (χ3n) is 4.27. The van der Waals surface area contributed by atoms with Crippen LogP contribution in [0.15, 0.2) is 24.3 Å². The van der Waals surface area contributed by atoms with Gasteiger partial charge in [-0.2, -0.15) is 0 Å². The maximum absolute atomic E-state index is 13.1. The first kappa shape index (κ1) is 16.4. The van der Waals surface area contributed by atoms with Gasteiger partial charge in [-0.15, -0.1) is 0 Å². The lowest BCUT2D eigenvalue weighted by Crippen LogP contribution is -2.44. The van der Waals surface area contributed by atoms with Crippen LogP contribution < -0.4 is 10.6 Å². The first-order chi connectivity index (χ1) is 11.2. The summed E-state index contributed by atoms with van der Waals surface area (Å²) < 4.78 is 18.5. The fraction of sp³-hybridized carbons (Fsp3) is 0.588. The number of halogens is 1. The SMILES string of the molecule is O=C(NC1CC1)[C@H](NCCN1CCOCC1)c1ccc(F)cc1. The number of amides is 1. The van der Waals surface area contributed by atoms with Crippen molar-refractivity contribution in [2.24, 2.45) is 0 Å². The van der Waals surface area contributed by atoms with Gasteiger partial charge in [0.15, 0.2) is 0 Å². The number of carbonyl (C=O) groups excluding carboxylic acids is 1. The molecule has 0 unspecified atom stereocenters. The van der Waals surface area contributed by atoms with Gasteiger partial charge in [0.25, 0.3) is 0 Å². The van der Waals surface area contributed by atoms with Crippen LogP contribution in [0.5, 0.6) is 0 Å². The van der Waals surface area contributed by atoms with E-state index in [9.17, 15) is 9.18 Å². The molecule has 0 spiro atoms. The van der Waals surface area contributed by atoms with E-state index in [-0.39, 0.29) is 11.7 Å². The summed E-state index contributed by atoms with van der Waals surface area (Å²) >= 11 is 0. The lowest BCUT2D eigenvalue weighted by Gasteiger charge is -2.27. The van der Waals surface area contributed by atoms with Crippen molar-refractivity contribution in [2.45, 2.75) is 24.9 Å². The summed E-state index contributed by atoms with van der Waals surface area (Å²) in [5.74, 6) is -0.315. The van der Waals surface area contributed by atoms with Crippen LogP contribution in [0, 0.1) is 5.82 Å². The number of morpholine rings is 1. The van der Waals surface area contributed by atoms with E-state index in [1.165, 1.54) is 12.1 Å². The van der Waals surface area contributed by atoms with Crippen molar-refractivity contribution >= 4 is 5.91 Å². The Morgan fingerprint density at radius 3 is 2.61 bits per heavy atom. The zero-order valence-corrected chi connectivity index (χ0v) is 13.3. The summed E-state index contributed by atoms with van der Waals surface area (Å²) in [6, 6.07) is 6.03. The van der Waals surface area contributed by atoms with E-state index < -0.39 is 6.04 Å². The molecule has 1 amide bonds. The van der Waals surface area contributed by atoms with Gasteiger partial charge in [0.05, 0.1) is 13.2 Å². The van der Waals surface area contributed by atoms with Crippen LogP contribution in [-0.4, -0.2) is 56.2 Å². The Hall–Kier alpha value is -1.50. The quantitative estimate of drug-likeness (QED) is 0.789. The number of carbonyl (C=O) groups is 1. The van der Waals surface area contributed by atoms with E-state index in [1.807, 2.05) is 0 Å². The largest absolute Gasteiger partial charge is 0.379 e. The fourth-order valence-corrected chi connectivity index (χ4v) is 2.72. The number of hydrogen-bond donors (Lipinski definition) is 2. The molecule has 5 nitrogen and oxygen atoms in total. The molecular weight excluding hydrogens is 297 g/mol. The average Bonchev–Trinajstić information content (AvgIpc) is 3.37. The second-order valence-corrected chi connectivity index (χ2v) is 6.18. The highest BCUT2D eigenvalue weighted by Crippen LogP contribution is 2.21. The van der Waals surface area contributed by atoms with E-state index in [4.69, 9.17) is 4.74 Å². The molecule has 6 heteroatoms. The van der Waals surface area contributed by atoms with Crippen molar-refractivity contribution in [1.29, 1.82) is 0 Å². The van der Waals surface area contributed by atoms with Crippen LogP contribution in [-0.2, 0) is 9.53 Å². The second-order valence-electron chi connectivity index (χ2n) is 6.18. The number of rotatable bonds is 7. The molecule has 2 N–H and O–H groups in total. The highest BCUT2D eigenvalue weighted by atomic mass is 19.1. The molecule has 23 heavy (non-hydrogen) atoms. The molecule has 1 aliphatic carbocycles. The summed E-state index contributed by atoms with van der Waals surface area (Å²) in [6.07, 6.45) is 2.10. The molecule has 1 saturated heterocycles. The monoisotopic (exact) mass is 321 g/mol. The molecule has 2 fully saturated rings. The third-order valence-corrected chi connectivity index (χ3v) is 4.27. The smallest absolute Gasteiger partial charge is 0.241 e. The summed E-state index contributed by atoms with van der Waals surface area (Å²) in [5.41, 5.74) is 0.798. The minimum Gasteiger partial charge on any atom is -0.379 e. The highest BCUT2D eigenvalue weighted by Gasteiger charge is 2.28. The van der Waals surface area contributed by atoms with Gasteiger partial charge in [-0.1, -0.05) is 12.1 Å². The molecule has 1 heterocycles. The minimum absolute atomic E-state index is 0.0268. The van der Waals surface area contributed by atoms with Gasteiger partial charge in [0.1, 0.15) is 11.9 Å². The molecular formula is C17H24FN3O2. The lowest BCUT2D eigenvalue weighted by molar-refractivity contribution is -0.123. The predicted octanol–water partition coefficient (Wildman–Crippen LogP) is 1.07. The molecule has 0 bridgehead atoms. The average molecular weight is 321 g/mol. The van der Waals surface area contributed by atoms with Gasteiger partial charge < -0.3 is 15.4 Å². The molecule has 1 atom stereocenters. The Labute approximate surface area is 136 Å². The Morgan fingerprint density at radius 2 is 1.96 bits per heavy atom. The minimum atomic E-state index is -0.433. The number of ether oxygens (including phenoxy) is 1. The van der Waals surface area contributed by atoms with Crippen LogP contribution in [0.3, 0.4) is 0 Å². The normalized spacial score (nSPS) is 20.2. The van der Waals surface area contributed by atoms with Crippen molar-refractivity contribution in [3.63, 3.8) is 0 Å². The highest BCUT2D eigenvalue weighted by molar-refractivity contribution is 5.83. The molecule has 0 radical (unpaired) electrons. The van der Waals surface area contributed by atoms with Crippen molar-refractivity contribution < 1.29 is 13.9 Å². The molecule has 2 aliphatic rings. The summed E-state index contributed by atoms with van der Waals surface area (Å²) in [5, 5.41) is 6.35. The second kappa shape index (κ2) is 7.86. The first-order valence-corrected chi connectivity index (χ1v) is 8.32. The van der Waals surface area contributed by atoms with Crippen LogP contribution in [0.4, 0.5) is 4.39 Å². The third kappa shape index (κ3) is 4.99. The Bertz CT molecular complexity index is 513. The topological polar surface area (TPSA) is 53.6 Å². The van der Waals surface area contributed by atoms with Gasteiger partial charge >= 0.3 is 0 Å². The summed E-state index contributed by atoms with van der Waals surface area (Å²) in [4.78, 5) is 14.8. The first-order valence-electron chi connectivity index (χ1n) is 8.32. The van der Waals surface area contributed by atoms with Crippen LogP contribution in [0.2, 0.25) is 0 Å². The van der Waals surface area contributed by atoms with Crippen molar-refractivity contribution in [3.05, 3.63) is 35.6 Å². The molecule has 3 rings (SSSR count). The van der Waals surface area contributed by atoms with E-state index in [1.54, 1.807) is 12.1 Å². The molecule has 1 aliphatic heterocycles. The maximum Gasteiger partial charge on any atom is 0.241 e. The molecule has 126 valence electrons. The van der Waals surface area contributed by atoms with Gasteiger partial charge in [0, 0.05) is 32.2 Å². The van der Waals surface area contributed by atoms with Gasteiger partial charge in [-0.3, -0.25) is 9.69 Å². The van der Waals surface area contributed by atoms with Gasteiger partial charge in [-0.05, 0) is 30.5 Å². The zero-order valence-electron chi connectivity index (χ0n) is 13.3. The summed E-state index contributed by atoms with van der Waals surface area (Å²) in [6.45, 7) is 4.97. The van der Waals surface area contributed by atoms with Crippen molar-refractivity contribution in [2.75, 3.05) is 39.4 Å². The van der Waals surface area contributed by atoms with Crippen LogP contribution >= 0.6 is 0 Å².